The maximum absolute atomic E-state index is 13.7. The number of benzene rings is 3. The third-order valence-corrected chi connectivity index (χ3v) is 7.54. The van der Waals surface area contributed by atoms with E-state index in [9.17, 15) is 22.4 Å². The average Bonchev–Trinajstić information content (AvgIpc) is 2.91. The van der Waals surface area contributed by atoms with Crippen LogP contribution in [-0.2, 0) is 26.2 Å². The second-order valence-electron chi connectivity index (χ2n) is 8.24. The summed E-state index contributed by atoms with van der Waals surface area (Å²) in [5.74, 6) is -1.04. The van der Waals surface area contributed by atoms with Crippen molar-refractivity contribution in [2.24, 2.45) is 0 Å². The van der Waals surface area contributed by atoms with Gasteiger partial charge in [-0.25, -0.2) is 12.8 Å². The summed E-state index contributed by atoms with van der Waals surface area (Å²) in [6, 6.07) is 18.8. The number of amides is 2. The Morgan fingerprint density at radius 3 is 2.16 bits per heavy atom. The summed E-state index contributed by atoms with van der Waals surface area (Å²) in [5.41, 5.74) is 0.884. The van der Waals surface area contributed by atoms with E-state index in [2.05, 4.69) is 5.32 Å². The Morgan fingerprint density at radius 1 is 0.973 bits per heavy atom. The van der Waals surface area contributed by atoms with Gasteiger partial charge < -0.3 is 15.0 Å². The van der Waals surface area contributed by atoms with Gasteiger partial charge in [0, 0.05) is 13.1 Å². The van der Waals surface area contributed by atoms with Crippen molar-refractivity contribution in [3.05, 3.63) is 90.2 Å². The van der Waals surface area contributed by atoms with Gasteiger partial charge in [-0.3, -0.25) is 13.9 Å². The predicted octanol–water partition coefficient (Wildman–Crippen LogP) is 3.58. The van der Waals surface area contributed by atoms with E-state index in [1.165, 1.54) is 48.4 Å². The number of hydrogen-bond donors (Lipinski definition) is 1. The first-order chi connectivity index (χ1) is 17.7. The van der Waals surface area contributed by atoms with Crippen LogP contribution >= 0.6 is 0 Å². The summed E-state index contributed by atoms with van der Waals surface area (Å²) in [6.07, 6.45) is 0. The minimum Gasteiger partial charge on any atom is -0.497 e. The van der Waals surface area contributed by atoms with Crippen LogP contribution in [0.2, 0.25) is 0 Å². The van der Waals surface area contributed by atoms with Crippen LogP contribution in [0.15, 0.2) is 83.8 Å². The van der Waals surface area contributed by atoms with Crippen LogP contribution in [0.4, 0.5) is 10.1 Å². The molecule has 0 heterocycles. The van der Waals surface area contributed by atoms with E-state index in [-0.39, 0.29) is 23.0 Å². The number of nitrogens with zero attached hydrogens (tertiary/aromatic N) is 2. The molecule has 0 unspecified atom stereocenters. The Labute approximate surface area is 216 Å². The van der Waals surface area contributed by atoms with Crippen molar-refractivity contribution in [1.82, 2.24) is 10.2 Å². The Kier molecular flexibility index (Phi) is 9.24. The van der Waals surface area contributed by atoms with Crippen molar-refractivity contribution in [3.8, 4) is 5.75 Å². The van der Waals surface area contributed by atoms with Gasteiger partial charge in [0.1, 0.15) is 24.2 Å². The van der Waals surface area contributed by atoms with Crippen LogP contribution in [0.3, 0.4) is 0 Å². The largest absolute Gasteiger partial charge is 0.497 e. The second-order valence-corrected chi connectivity index (χ2v) is 10.1. The molecule has 0 saturated heterocycles. The first-order valence-corrected chi connectivity index (χ1v) is 13.1. The van der Waals surface area contributed by atoms with Crippen LogP contribution in [0, 0.1) is 5.82 Å². The number of likely N-dealkylation sites (N-methyl/N-ethyl adjacent to an activating group) is 1. The van der Waals surface area contributed by atoms with E-state index >= 15 is 0 Å². The number of anilines is 1. The second kappa shape index (κ2) is 12.4. The van der Waals surface area contributed by atoms with E-state index in [0.29, 0.717) is 12.3 Å². The molecular formula is C27H30FN3O5S. The van der Waals surface area contributed by atoms with Gasteiger partial charge in [-0.15, -0.1) is 0 Å². The molecular weight excluding hydrogens is 497 g/mol. The number of carbonyl (C=O) groups excluding carboxylic acids is 2. The monoisotopic (exact) mass is 527 g/mol. The number of rotatable bonds is 11. The van der Waals surface area contributed by atoms with Crippen molar-refractivity contribution in [3.63, 3.8) is 0 Å². The fourth-order valence-electron chi connectivity index (χ4n) is 3.70. The smallest absolute Gasteiger partial charge is 0.264 e. The van der Waals surface area contributed by atoms with E-state index < -0.39 is 34.3 Å². The molecule has 3 aromatic carbocycles. The Morgan fingerprint density at radius 2 is 1.59 bits per heavy atom. The number of nitrogens with one attached hydrogen (secondary N) is 1. The fraction of sp³-hybridized carbons (Fsp3) is 0.259. The van der Waals surface area contributed by atoms with Gasteiger partial charge >= 0.3 is 0 Å². The van der Waals surface area contributed by atoms with E-state index in [4.69, 9.17) is 4.74 Å². The van der Waals surface area contributed by atoms with Crippen LogP contribution in [0.25, 0.3) is 0 Å². The molecule has 37 heavy (non-hydrogen) atoms. The third kappa shape index (κ3) is 6.85. The SMILES string of the molecule is CCNC(=O)[C@H](C)N(Cc1ccccc1)C(=O)CN(c1ccc(F)cc1)S(=O)(=O)c1ccc(OC)cc1. The van der Waals surface area contributed by atoms with Crippen molar-refractivity contribution in [2.45, 2.75) is 31.3 Å². The topological polar surface area (TPSA) is 96.0 Å². The lowest BCUT2D eigenvalue weighted by Crippen LogP contribution is -2.51. The summed E-state index contributed by atoms with van der Waals surface area (Å²) in [6.45, 7) is 3.23. The highest BCUT2D eigenvalue weighted by molar-refractivity contribution is 7.92. The van der Waals surface area contributed by atoms with E-state index in [1.54, 1.807) is 13.8 Å². The lowest BCUT2D eigenvalue weighted by Gasteiger charge is -2.32. The van der Waals surface area contributed by atoms with Gasteiger partial charge in [0.15, 0.2) is 0 Å². The molecule has 0 aliphatic rings. The molecule has 1 atom stereocenters. The number of halogens is 1. The minimum absolute atomic E-state index is 0.0724. The number of carbonyl (C=O) groups is 2. The zero-order valence-electron chi connectivity index (χ0n) is 20.9. The van der Waals surface area contributed by atoms with Crippen LogP contribution in [0.1, 0.15) is 19.4 Å². The average molecular weight is 528 g/mol. The highest BCUT2D eigenvalue weighted by atomic mass is 32.2. The molecule has 0 fully saturated rings. The highest BCUT2D eigenvalue weighted by Gasteiger charge is 2.32. The van der Waals surface area contributed by atoms with Gasteiger partial charge in [-0.05, 0) is 67.9 Å². The number of hydrogen-bond acceptors (Lipinski definition) is 5. The van der Waals surface area contributed by atoms with Crippen molar-refractivity contribution < 1.29 is 27.1 Å². The van der Waals surface area contributed by atoms with Crippen molar-refractivity contribution in [2.75, 3.05) is 24.5 Å². The minimum atomic E-state index is -4.24. The first kappa shape index (κ1) is 27.7. The molecule has 0 saturated carbocycles. The standard InChI is InChI=1S/C27H30FN3O5S/c1-4-29-27(33)20(2)30(18-21-8-6-5-7-9-21)26(32)19-31(23-12-10-22(28)11-13-23)37(34,35)25-16-14-24(36-3)15-17-25/h5-17,20H,4,18-19H2,1-3H3,(H,29,33)/t20-/m0/s1. The molecule has 196 valence electrons. The fourth-order valence-corrected chi connectivity index (χ4v) is 5.11. The summed E-state index contributed by atoms with van der Waals surface area (Å²) >= 11 is 0. The molecule has 0 aromatic heterocycles. The molecule has 1 N–H and O–H groups in total. The van der Waals surface area contributed by atoms with Gasteiger partial charge in [-0.2, -0.15) is 0 Å². The quantitative estimate of drug-likeness (QED) is 0.411. The molecule has 0 radical (unpaired) electrons. The molecule has 3 rings (SSSR count). The number of sulfonamides is 1. The summed E-state index contributed by atoms with van der Waals surface area (Å²) in [5, 5.41) is 2.71. The molecule has 0 spiro atoms. The molecule has 3 aromatic rings. The van der Waals surface area contributed by atoms with E-state index in [0.717, 1.165) is 22.0 Å². The maximum Gasteiger partial charge on any atom is 0.264 e. The Balaban J connectivity index is 2.01. The first-order valence-electron chi connectivity index (χ1n) is 11.7. The molecule has 8 nitrogen and oxygen atoms in total. The van der Waals surface area contributed by atoms with Crippen LogP contribution in [0.5, 0.6) is 5.75 Å². The zero-order valence-corrected chi connectivity index (χ0v) is 21.7. The molecule has 10 heteroatoms. The Bertz CT molecular complexity index is 1300. The highest BCUT2D eigenvalue weighted by Crippen LogP contribution is 2.26. The molecule has 0 bridgehead atoms. The summed E-state index contributed by atoms with van der Waals surface area (Å²) < 4.78 is 47.0. The number of ether oxygens (including phenoxy) is 1. The van der Waals surface area contributed by atoms with Gasteiger partial charge in [0.2, 0.25) is 11.8 Å². The van der Waals surface area contributed by atoms with Crippen molar-refractivity contribution >= 4 is 27.5 Å². The zero-order chi connectivity index (χ0) is 27.0. The summed E-state index contributed by atoms with van der Waals surface area (Å²) in [7, 11) is -2.78. The van der Waals surface area contributed by atoms with Gasteiger partial charge in [0.05, 0.1) is 17.7 Å². The lowest BCUT2D eigenvalue weighted by molar-refractivity contribution is -0.139. The number of methoxy groups -OCH3 is 1. The molecule has 2 amide bonds. The molecule has 0 aliphatic heterocycles. The summed E-state index contributed by atoms with van der Waals surface area (Å²) in [4.78, 5) is 27.6. The van der Waals surface area contributed by atoms with Crippen LogP contribution in [-0.4, -0.2) is 51.4 Å². The van der Waals surface area contributed by atoms with Crippen LogP contribution < -0.4 is 14.4 Å². The Hall–Kier alpha value is -3.92. The molecule has 0 aliphatic carbocycles. The van der Waals surface area contributed by atoms with Gasteiger partial charge in [-0.1, -0.05) is 30.3 Å². The van der Waals surface area contributed by atoms with E-state index in [1.807, 2.05) is 30.3 Å². The van der Waals surface area contributed by atoms with Gasteiger partial charge in [0.25, 0.3) is 10.0 Å². The lowest BCUT2D eigenvalue weighted by atomic mass is 10.1. The predicted molar refractivity (Wildman–Crippen MR) is 139 cm³/mol. The normalized spacial score (nSPS) is 11.9. The van der Waals surface area contributed by atoms with Crippen molar-refractivity contribution in [1.29, 1.82) is 0 Å². The third-order valence-electron chi connectivity index (χ3n) is 5.75. The maximum atomic E-state index is 13.7.